The van der Waals surface area contributed by atoms with E-state index in [2.05, 4.69) is 4.98 Å². The summed E-state index contributed by atoms with van der Waals surface area (Å²) in [6.07, 6.45) is 3.01. The Bertz CT molecular complexity index is 595. The van der Waals surface area contributed by atoms with E-state index in [0.717, 1.165) is 11.1 Å². The van der Waals surface area contributed by atoms with E-state index in [4.69, 9.17) is 0 Å². The largest absolute Gasteiger partial charge is 0.366 e. The van der Waals surface area contributed by atoms with Crippen molar-refractivity contribution in [3.8, 4) is 11.1 Å². The predicted molar refractivity (Wildman–Crippen MR) is 79.9 cm³/mol. The summed E-state index contributed by atoms with van der Waals surface area (Å²) in [6, 6.07) is 9.63. The van der Waals surface area contributed by atoms with Crippen LogP contribution in [0, 0.1) is 10.1 Å². The Kier molecular flexibility index (Phi) is 4.30. The first-order valence-corrected chi connectivity index (χ1v) is 6.61. The lowest BCUT2D eigenvalue weighted by atomic mass is 10.0. The number of nitro groups is 1. The van der Waals surface area contributed by atoms with Crippen molar-refractivity contribution in [3.05, 3.63) is 52.8 Å². The first kappa shape index (κ1) is 14.0. The van der Waals surface area contributed by atoms with Crippen LogP contribution in [0.2, 0.25) is 0 Å². The van der Waals surface area contributed by atoms with Crippen LogP contribution in [0.3, 0.4) is 0 Å². The molecule has 5 nitrogen and oxygen atoms in total. The zero-order valence-corrected chi connectivity index (χ0v) is 11.6. The van der Waals surface area contributed by atoms with Gasteiger partial charge in [0.1, 0.15) is 11.9 Å². The van der Waals surface area contributed by atoms with Gasteiger partial charge in [-0.05, 0) is 19.4 Å². The van der Waals surface area contributed by atoms with Gasteiger partial charge in [0, 0.05) is 24.8 Å². The Hall–Kier alpha value is -2.43. The first-order valence-electron chi connectivity index (χ1n) is 6.61. The molecule has 0 radical (unpaired) electrons. The van der Waals surface area contributed by atoms with Crippen LogP contribution in [-0.4, -0.2) is 23.0 Å². The maximum atomic E-state index is 11.3. The average Bonchev–Trinajstić information content (AvgIpc) is 2.49. The van der Waals surface area contributed by atoms with Crippen molar-refractivity contribution in [2.24, 2.45) is 0 Å². The number of rotatable bonds is 5. The van der Waals surface area contributed by atoms with Crippen LogP contribution in [0.1, 0.15) is 13.8 Å². The molecule has 0 amide bonds. The van der Waals surface area contributed by atoms with E-state index in [9.17, 15) is 10.1 Å². The molecule has 0 aliphatic carbocycles. The van der Waals surface area contributed by atoms with Gasteiger partial charge in [-0.15, -0.1) is 0 Å². The molecular formula is C15H17N3O2. The monoisotopic (exact) mass is 271 g/mol. The van der Waals surface area contributed by atoms with Crippen LogP contribution < -0.4 is 4.90 Å². The fourth-order valence-corrected chi connectivity index (χ4v) is 2.28. The molecule has 0 N–H and O–H groups in total. The standard InChI is InChI=1S/C15H17N3O2/c1-3-17(4-2)15-13(12-8-6-5-7-9-12)10-16-11-14(15)18(19)20/h5-11H,3-4H2,1-2H3. The van der Waals surface area contributed by atoms with Gasteiger partial charge in [0.15, 0.2) is 0 Å². The molecule has 0 bridgehead atoms. The highest BCUT2D eigenvalue weighted by atomic mass is 16.6. The van der Waals surface area contributed by atoms with E-state index < -0.39 is 0 Å². The van der Waals surface area contributed by atoms with Gasteiger partial charge in [0.25, 0.3) is 0 Å². The molecule has 2 rings (SSSR count). The van der Waals surface area contributed by atoms with Crippen LogP contribution in [0.4, 0.5) is 11.4 Å². The van der Waals surface area contributed by atoms with Crippen LogP contribution >= 0.6 is 0 Å². The van der Waals surface area contributed by atoms with Crippen LogP contribution in [0.5, 0.6) is 0 Å². The van der Waals surface area contributed by atoms with Gasteiger partial charge in [-0.3, -0.25) is 15.1 Å². The summed E-state index contributed by atoms with van der Waals surface area (Å²) in [5.74, 6) is 0. The van der Waals surface area contributed by atoms with Gasteiger partial charge in [-0.2, -0.15) is 0 Å². The van der Waals surface area contributed by atoms with Crippen LogP contribution in [-0.2, 0) is 0 Å². The summed E-state index contributed by atoms with van der Waals surface area (Å²) in [4.78, 5) is 16.9. The predicted octanol–water partition coefficient (Wildman–Crippen LogP) is 3.50. The van der Waals surface area contributed by atoms with Gasteiger partial charge in [0.05, 0.1) is 4.92 Å². The number of benzene rings is 1. The number of hydrogen-bond donors (Lipinski definition) is 0. The molecule has 1 aromatic carbocycles. The summed E-state index contributed by atoms with van der Waals surface area (Å²) in [7, 11) is 0. The lowest BCUT2D eigenvalue weighted by molar-refractivity contribution is -0.384. The Labute approximate surface area is 118 Å². The Morgan fingerprint density at radius 3 is 2.35 bits per heavy atom. The average molecular weight is 271 g/mol. The maximum absolute atomic E-state index is 11.3. The summed E-state index contributed by atoms with van der Waals surface area (Å²) in [6.45, 7) is 5.40. The molecule has 0 saturated heterocycles. The lowest BCUT2D eigenvalue weighted by Crippen LogP contribution is -2.23. The van der Waals surface area contributed by atoms with Crippen molar-refractivity contribution >= 4 is 11.4 Å². The molecule has 1 aromatic heterocycles. The smallest absolute Gasteiger partial charge is 0.311 e. The van der Waals surface area contributed by atoms with Crippen molar-refractivity contribution in [2.45, 2.75) is 13.8 Å². The highest BCUT2D eigenvalue weighted by Gasteiger charge is 2.23. The summed E-state index contributed by atoms with van der Waals surface area (Å²) < 4.78 is 0. The third kappa shape index (κ3) is 2.61. The number of nitrogens with zero attached hydrogens (tertiary/aromatic N) is 3. The molecule has 20 heavy (non-hydrogen) atoms. The molecule has 2 aromatic rings. The van der Waals surface area contributed by atoms with E-state index >= 15 is 0 Å². The third-order valence-corrected chi connectivity index (χ3v) is 3.26. The van der Waals surface area contributed by atoms with Crippen molar-refractivity contribution in [1.82, 2.24) is 4.98 Å². The third-order valence-electron chi connectivity index (χ3n) is 3.26. The fourth-order valence-electron chi connectivity index (χ4n) is 2.28. The number of hydrogen-bond acceptors (Lipinski definition) is 4. The zero-order valence-electron chi connectivity index (χ0n) is 11.6. The minimum absolute atomic E-state index is 0.0510. The van der Waals surface area contributed by atoms with Crippen LogP contribution in [0.15, 0.2) is 42.7 Å². The van der Waals surface area contributed by atoms with Crippen molar-refractivity contribution in [1.29, 1.82) is 0 Å². The van der Waals surface area contributed by atoms with E-state index in [-0.39, 0.29) is 10.6 Å². The normalized spacial score (nSPS) is 10.3. The minimum atomic E-state index is -0.368. The quantitative estimate of drug-likeness (QED) is 0.617. The van der Waals surface area contributed by atoms with Gasteiger partial charge in [-0.1, -0.05) is 30.3 Å². The summed E-state index contributed by atoms with van der Waals surface area (Å²) in [5, 5.41) is 11.3. The Morgan fingerprint density at radius 1 is 1.15 bits per heavy atom. The molecule has 0 unspecified atom stereocenters. The molecular weight excluding hydrogens is 254 g/mol. The number of anilines is 1. The molecule has 0 saturated carbocycles. The molecule has 0 aliphatic heterocycles. The second kappa shape index (κ2) is 6.14. The molecule has 0 atom stereocenters. The number of aromatic nitrogens is 1. The van der Waals surface area contributed by atoms with E-state index in [1.807, 2.05) is 49.1 Å². The molecule has 104 valence electrons. The maximum Gasteiger partial charge on any atom is 0.311 e. The Balaban J connectivity index is 2.68. The highest BCUT2D eigenvalue weighted by molar-refractivity contribution is 5.84. The van der Waals surface area contributed by atoms with E-state index in [1.54, 1.807) is 6.20 Å². The lowest BCUT2D eigenvalue weighted by Gasteiger charge is -2.23. The van der Waals surface area contributed by atoms with E-state index in [1.165, 1.54) is 6.20 Å². The molecule has 0 fully saturated rings. The molecule has 0 aliphatic rings. The zero-order chi connectivity index (χ0) is 14.5. The molecule has 1 heterocycles. The van der Waals surface area contributed by atoms with Gasteiger partial charge >= 0.3 is 5.69 Å². The van der Waals surface area contributed by atoms with Gasteiger partial charge < -0.3 is 4.90 Å². The van der Waals surface area contributed by atoms with Crippen molar-refractivity contribution in [3.63, 3.8) is 0 Å². The van der Waals surface area contributed by atoms with Crippen molar-refractivity contribution < 1.29 is 4.92 Å². The van der Waals surface area contributed by atoms with Crippen molar-refractivity contribution in [2.75, 3.05) is 18.0 Å². The minimum Gasteiger partial charge on any atom is -0.366 e. The topological polar surface area (TPSA) is 59.3 Å². The second-order valence-corrected chi connectivity index (χ2v) is 4.35. The van der Waals surface area contributed by atoms with Crippen LogP contribution in [0.25, 0.3) is 11.1 Å². The number of pyridine rings is 1. The highest BCUT2D eigenvalue weighted by Crippen LogP contribution is 2.37. The SMILES string of the molecule is CCN(CC)c1c(-c2ccccc2)cncc1[N+](=O)[O-]. The first-order chi connectivity index (χ1) is 9.69. The summed E-state index contributed by atoms with van der Waals surface area (Å²) >= 11 is 0. The van der Waals surface area contributed by atoms with E-state index in [0.29, 0.717) is 18.8 Å². The molecule has 0 spiro atoms. The Morgan fingerprint density at radius 2 is 1.80 bits per heavy atom. The van der Waals surface area contributed by atoms with Gasteiger partial charge in [0.2, 0.25) is 0 Å². The molecule has 5 heteroatoms. The second-order valence-electron chi connectivity index (χ2n) is 4.35. The summed E-state index contributed by atoms with van der Waals surface area (Å²) in [5.41, 5.74) is 2.42. The fraction of sp³-hybridized carbons (Fsp3) is 0.267. The van der Waals surface area contributed by atoms with Gasteiger partial charge in [-0.25, -0.2) is 0 Å².